The minimum absolute atomic E-state index is 0.180. The van der Waals surface area contributed by atoms with E-state index in [2.05, 4.69) is 61.5 Å². The Morgan fingerprint density at radius 1 is 1.40 bits per heavy atom. The summed E-state index contributed by atoms with van der Waals surface area (Å²) < 4.78 is 0.180. The fourth-order valence-electron chi connectivity index (χ4n) is 2.28. The van der Waals surface area contributed by atoms with Gasteiger partial charge in [-0.1, -0.05) is 18.2 Å². The second kappa shape index (κ2) is 6.53. The Labute approximate surface area is 126 Å². The van der Waals surface area contributed by atoms with Crippen molar-refractivity contribution in [2.75, 3.05) is 30.8 Å². The van der Waals surface area contributed by atoms with Crippen LogP contribution in [-0.2, 0) is 6.42 Å². The van der Waals surface area contributed by atoms with Gasteiger partial charge in [-0.05, 0) is 45.1 Å². The minimum Gasteiger partial charge on any atom is -0.356 e. The molecule has 0 radical (unpaired) electrons. The van der Waals surface area contributed by atoms with Gasteiger partial charge in [-0.15, -0.1) is 0 Å². The smallest absolute Gasteiger partial charge is 0.198 e. The fraction of sp³-hybridized carbons (Fsp3) is 0.562. The highest BCUT2D eigenvalue weighted by Gasteiger charge is 2.23. The molecule has 3 nitrogen and oxygen atoms in total. The quantitative estimate of drug-likeness (QED) is 0.682. The first-order valence-electron chi connectivity index (χ1n) is 7.26. The lowest BCUT2D eigenvalue weighted by molar-refractivity contribution is 0.718. The van der Waals surface area contributed by atoms with Crippen molar-refractivity contribution in [3.63, 3.8) is 0 Å². The Morgan fingerprint density at radius 3 is 2.85 bits per heavy atom. The van der Waals surface area contributed by atoms with Crippen LogP contribution < -0.4 is 10.2 Å². The van der Waals surface area contributed by atoms with E-state index in [4.69, 9.17) is 4.99 Å². The Bertz CT molecular complexity index is 482. The van der Waals surface area contributed by atoms with Crippen molar-refractivity contribution in [1.29, 1.82) is 0 Å². The van der Waals surface area contributed by atoms with Gasteiger partial charge in [0.2, 0.25) is 0 Å². The summed E-state index contributed by atoms with van der Waals surface area (Å²) in [5.74, 6) is 1.01. The van der Waals surface area contributed by atoms with Gasteiger partial charge >= 0.3 is 0 Å². The first-order chi connectivity index (χ1) is 9.57. The zero-order valence-corrected chi connectivity index (χ0v) is 13.8. The van der Waals surface area contributed by atoms with Gasteiger partial charge in [-0.2, -0.15) is 11.8 Å². The van der Waals surface area contributed by atoms with Crippen molar-refractivity contribution < 1.29 is 0 Å². The maximum atomic E-state index is 4.85. The lowest BCUT2D eigenvalue weighted by Crippen LogP contribution is -2.41. The summed E-state index contributed by atoms with van der Waals surface area (Å²) in [5.41, 5.74) is 2.72. The zero-order valence-electron chi connectivity index (χ0n) is 12.9. The largest absolute Gasteiger partial charge is 0.356 e. The third-order valence-corrected chi connectivity index (χ3v) is 4.87. The zero-order chi connectivity index (χ0) is 14.6. The van der Waals surface area contributed by atoms with Crippen molar-refractivity contribution in [3.05, 3.63) is 29.8 Å². The van der Waals surface area contributed by atoms with Crippen molar-refractivity contribution in [2.24, 2.45) is 4.99 Å². The molecular weight excluding hydrogens is 266 g/mol. The van der Waals surface area contributed by atoms with Crippen LogP contribution in [0.5, 0.6) is 0 Å². The van der Waals surface area contributed by atoms with Crippen LogP contribution in [0.4, 0.5) is 5.69 Å². The van der Waals surface area contributed by atoms with E-state index in [1.54, 1.807) is 0 Å². The molecule has 0 saturated heterocycles. The van der Waals surface area contributed by atoms with Gasteiger partial charge in [0.15, 0.2) is 5.96 Å². The number of guanidine groups is 1. The Hall–Kier alpha value is -1.16. The SMILES string of the molecule is CCNC(=NCC(C)(C)SC)N1CCc2ccccc21. The second-order valence-corrected chi connectivity index (χ2v) is 7.18. The third-order valence-electron chi connectivity index (χ3n) is 3.64. The summed E-state index contributed by atoms with van der Waals surface area (Å²) in [6.07, 6.45) is 3.25. The Kier molecular flexibility index (Phi) is 4.97. The fourth-order valence-corrected chi connectivity index (χ4v) is 2.48. The van der Waals surface area contributed by atoms with Gasteiger partial charge in [-0.3, -0.25) is 4.99 Å². The summed E-state index contributed by atoms with van der Waals surface area (Å²) in [4.78, 5) is 7.16. The summed E-state index contributed by atoms with van der Waals surface area (Å²) in [6, 6.07) is 8.62. The molecule has 0 aliphatic carbocycles. The van der Waals surface area contributed by atoms with Crippen LogP contribution >= 0.6 is 11.8 Å². The van der Waals surface area contributed by atoms with Gasteiger partial charge in [0, 0.05) is 23.5 Å². The summed E-state index contributed by atoms with van der Waals surface area (Å²) >= 11 is 1.86. The van der Waals surface area contributed by atoms with E-state index in [9.17, 15) is 0 Å². The molecule has 0 saturated carbocycles. The van der Waals surface area contributed by atoms with E-state index in [1.807, 2.05) is 11.8 Å². The molecule has 2 rings (SSSR count). The average Bonchev–Trinajstić information content (AvgIpc) is 2.87. The summed E-state index contributed by atoms with van der Waals surface area (Å²) in [7, 11) is 0. The highest BCUT2D eigenvalue weighted by Crippen LogP contribution is 2.28. The first kappa shape index (κ1) is 15.2. The average molecular weight is 291 g/mol. The maximum absolute atomic E-state index is 4.85. The molecule has 1 aromatic carbocycles. The second-order valence-electron chi connectivity index (χ2n) is 5.66. The molecule has 1 aromatic rings. The molecule has 1 aliphatic rings. The molecule has 20 heavy (non-hydrogen) atoms. The normalized spacial score (nSPS) is 15.4. The van der Waals surface area contributed by atoms with Gasteiger partial charge < -0.3 is 10.2 Å². The van der Waals surface area contributed by atoms with E-state index in [-0.39, 0.29) is 4.75 Å². The summed E-state index contributed by atoms with van der Waals surface area (Å²) in [5, 5.41) is 3.43. The van der Waals surface area contributed by atoms with E-state index >= 15 is 0 Å². The number of benzene rings is 1. The van der Waals surface area contributed by atoms with E-state index in [1.165, 1.54) is 11.3 Å². The lowest BCUT2D eigenvalue weighted by atomic mass is 10.2. The number of hydrogen-bond acceptors (Lipinski definition) is 2. The third kappa shape index (κ3) is 3.48. The van der Waals surface area contributed by atoms with E-state index in [0.29, 0.717) is 0 Å². The van der Waals surface area contributed by atoms with Crippen LogP contribution in [0.1, 0.15) is 26.3 Å². The van der Waals surface area contributed by atoms with Gasteiger partial charge in [0.1, 0.15) is 0 Å². The molecule has 110 valence electrons. The number of thioether (sulfide) groups is 1. The van der Waals surface area contributed by atoms with Crippen molar-refractivity contribution in [2.45, 2.75) is 31.9 Å². The molecule has 1 aliphatic heterocycles. The molecule has 4 heteroatoms. The number of rotatable bonds is 4. The van der Waals surface area contributed by atoms with Gasteiger partial charge in [0.05, 0.1) is 6.54 Å². The lowest BCUT2D eigenvalue weighted by Gasteiger charge is -2.25. The Balaban J connectivity index is 2.20. The highest BCUT2D eigenvalue weighted by atomic mass is 32.2. The van der Waals surface area contributed by atoms with Crippen LogP contribution in [0.3, 0.4) is 0 Å². The molecular formula is C16H25N3S. The Morgan fingerprint density at radius 2 is 2.15 bits per heavy atom. The van der Waals surface area contributed by atoms with Crippen molar-refractivity contribution in [1.82, 2.24) is 5.32 Å². The maximum Gasteiger partial charge on any atom is 0.198 e. The van der Waals surface area contributed by atoms with Gasteiger partial charge in [0.25, 0.3) is 0 Å². The van der Waals surface area contributed by atoms with Crippen molar-refractivity contribution in [3.8, 4) is 0 Å². The molecule has 0 fully saturated rings. The minimum atomic E-state index is 0.180. The van der Waals surface area contributed by atoms with Crippen LogP contribution in [-0.4, -0.2) is 36.6 Å². The number of nitrogens with one attached hydrogen (secondary N) is 1. The first-order valence-corrected chi connectivity index (χ1v) is 8.49. The molecule has 0 unspecified atom stereocenters. The molecule has 0 atom stereocenters. The molecule has 1 N–H and O–H groups in total. The number of para-hydroxylation sites is 1. The van der Waals surface area contributed by atoms with Crippen LogP contribution in [0.2, 0.25) is 0 Å². The van der Waals surface area contributed by atoms with Crippen LogP contribution in [0, 0.1) is 0 Å². The number of fused-ring (bicyclic) bond motifs is 1. The number of aliphatic imine (C=N–C) groups is 1. The monoisotopic (exact) mass is 291 g/mol. The highest BCUT2D eigenvalue weighted by molar-refractivity contribution is 7.99. The topological polar surface area (TPSA) is 27.6 Å². The predicted molar refractivity (Wildman–Crippen MR) is 91.1 cm³/mol. The molecule has 1 heterocycles. The number of anilines is 1. The van der Waals surface area contributed by atoms with Crippen LogP contribution in [0.25, 0.3) is 0 Å². The molecule has 0 spiro atoms. The molecule has 0 aromatic heterocycles. The van der Waals surface area contributed by atoms with E-state index < -0.39 is 0 Å². The van der Waals surface area contributed by atoms with E-state index in [0.717, 1.165) is 32.0 Å². The number of hydrogen-bond donors (Lipinski definition) is 1. The van der Waals surface area contributed by atoms with Gasteiger partial charge in [-0.25, -0.2) is 0 Å². The number of nitrogens with zero attached hydrogens (tertiary/aromatic N) is 2. The molecule has 0 amide bonds. The summed E-state index contributed by atoms with van der Waals surface area (Å²) in [6.45, 7) is 9.35. The van der Waals surface area contributed by atoms with Crippen molar-refractivity contribution >= 4 is 23.4 Å². The predicted octanol–water partition coefficient (Wildman–Crippen LogP) is 3.16. The standard InChI is InChI=1S/C16H25N3S/c1-5-17-15(18-12-16(2,3)20-4)19-11-10-13-8-6-7-9-14(13)19/h6-9H,5,10-12H2,1-4H3,(H,17,18). The molecule has 0 bridgehead atoms. The van der Waals surface area contributed by atoms with Crippen LogP contribution in [0.15, 0.2) is 29.3 Å².